The van der Waals surface area contributed by atoms with Gasteiger partial charge in [-0.15, -0.1) is 0 Å². The zero-order chi connectivity index (χ0) is 12.8. The van der Waals surface area contributed by atoms with Gasteiger partial charge in [-0.1, -0.05) is 0 Å². The molecule has 94 valence electrons. The van der Waals surface area contributed by atoms with Gasteiger partial charge in [0, 0.05) is 13.6 Å². The number of nitrogens with zero attached hydrogens (tertiary/aromatic N) is 3. The molecule has 1 aromatic heterocycles. The highest BCUT2D eigenvalue weighted by Crippen LogP contribution is 2.28. The van der Waals surface area contributed by atoms with E-state index in [0.29, 0.717) is 22.7 Å². The summed E-state index contributed by atoms with van der Waals surface area (Å²) in [6, 6.07) is 0. The Labute approximate surface area is 108 Å². The lowest BCUT2D eigenvalue weighted by atomic mass is 10.4. The summed E-state index contributed by atoms with van der Waals surface area (Å²) in [4.78, 5) is 21.3. The van der Waals surface area contributed by atoms with Crippen molar-refractivity contribution in [3.63, 3.8) is 0 Å². The Morgan fingerprint density at radius 2 is 2.29 bits per heavy atom. The number of carbonyl (C=O) groups is 1. The van der Waals surface area contributed by atoms with Crippen LogP contribution in [0.5, 0.6) is 0 Å². The summed E-state index contributed by atoms with van der Waals surface area (Å²) in [5, 5.41) is 2.57. The summed E-state index contributed by atoms with van der Waals surface area (Å²) < 4.78 is 0.633. The molecule has 0 spiro atoms. The maximum absolute atomic E-state index is 11.4. The van der Waals surface area contributed by atoms with E-state index in [9.17, 15) is 4.79 Å². The third-order valence-electron chi connectivity index (χ3n) is 2.20. The minimum absolute atomic E-state index is 0.0837. The van der Waals surface area contributed by atoms with E-state index in [1.807, 2.05) is 11.8 Å². The SMILES string of the molecule is CCN(CC(=O)NC)c1ncnc(NN)c1Br. The number of amides is 1. The van der Waals surface area contributed by atoms with Crippen LogP contribution in [0.25, 0.3) is 0 Å². The predicted molar refractivity (Wildman–Crippen MR) is 69.5 cm³/mol. The molecule has 4 N–H and O–H groups in total. The Morgan fingerprint density at radius 3 is 2.82 bits per heavy atom. The Balaban J connectivity index is 2.99. The highest BCUT2D eigenvalue weighted by molar-refractivity contribution is 9.10. The van der Waals surface area contributed by atoms with Crippen molar-refractivity contribution in [3.05, 3.63) is 10.8 Å². The van der Waals surface area contributed by atoms with Gasteiger partial charge in [-0.3, -0.25) is 4.79 Å². The molecule has 0 aliphatic carbocycles. The minimum Gasteiger partial charge on any atom is -0.358 e. The fraction of sp³-hybridized carbons (Fsp3) is 0.444. The second-order valence-electron chi connectivity index (χ2n) is 3.19. The first-order valence-corrected chi connectivity index (χ1v) is 5.86. The molecular weight excluding hydrogens is 288 g/mol. The number of aromatic nitrogens is 2. The summed E-state index contributed by atoms with van der Waals surface area (Å²) in [6.07, 6.45) is 1.39. The van der Waals surface area contributed by atoms with Crippen LogP contribution < -0.4 is 21.5 Å². The Morgan fingerprint density at radius 1 is 1.59 bits per heavy atom. The number of hydrogen-bond donors (Lipinski definition) is 3. The number of likely N-dealkylation sites (N-methyl/N-ethyl adjacent to an activating group) is 2. The molecule has 0 aliphatic heterocycles. The zero-order valence-electron chi connectivity index (χ0n) is 9.70. The lowest BCUT2D eigenvalue weighted by Crippen LogP contribution is -2.36. The average Bonchev–Trinajstić information content (AvgIpc) is 2.36. The molecular formula is C9H15BrN6O. The lowest BCUT2D eigenvalue weighted by Gasteiger charge is -2.22. The summed E-state index contributed by atoms with van der Waals surface area (Å²) in [5.74, 6) is 6.34. The maximum Gasteiger partial charge on any atom is 0.239 e. The van der Waals surface area contributed by atoms with E-state index < -0.39 is 0 Å². The molecule has 8 heteroatoms. The molecule has 0 atom stereocenters. The molecule has 0 radical (unpaired) electrons. The van der Waals surface area contributed by atoms with Gasteiger partial charge in [0.2, 0.25) is 5.91 Å². The molecule has 7 nitrogen and oxygen atoms in total. The summed E-state index contributed by atoms with van der Waals surface area (Å²) in [7, 11) is 1.60. The fourth-order valence-corrected chi connectivity index (χ4v) is 1.84. The maximum atomic E-state index is 11.4. The van der Waals surface area contributed by atoms with Gasteiger partial charge in [0.05, 0.1) is 6.54 Å². The molecule has 17 heavy (non-hydrogen) atoms. The van der Waals surface area contributed by atoms with Crippen molar-refractivity contribution in [3.8, 4) is 0 Å². The van der Waals surface area contributed by atoms with Crippen LogP contribution in [-0.2, 0) is 4.79 Å². The van der Waals surface area contributed by atoms with Crippen molar-refractivity contribution in [2.75, 3.05) is 30.5 Å². The van der Waals surface area contributed by atoms with E-state index in [1.54, 1.807) is 7.05 Å². The molecule has 0 saturated heterocycles. The third kappa shape index (κ3) is 3.27. The van der Waals surface area contributed by atoms with Crippen molar-refractivity contribution >= 4 is 33.5 Å². The van der Waals surface area contributed by atoms with E-state index in [-0.39, 0.29) is 12.5 Å². The summed E-state index contributed by atoms with van der Waals surface area (Å²) in [6.45, 7) is 2.81. The summed E-state index contributed by atoms with van der Waals surface area (Å²) in [5.41, 5.74) is 2.46. The van der Waals surface area contributed by atoms with Gasteiger partial charge in [-0.25, -0.2) is 15.8 Å². The van der Waals surface area contributed by atoms with E-state index >= 15 is 0 Å². The van der Waals surface area contributed by atoms with E-state index in [4.69, 9.17) is 5.84 Å². The normalized spacial score (nSPS) is 9.88. The van der Waals surface area contributed by atoms with Gasteiger partial charge < -0.3 is 15.6 Å². The monoisotopic (exact) mass is 302 g/mol. The van der Waals surface area contributed by atoms with E-state index in [0.717, 1.165) is 0 Å². The van der Waals surface area contributed by atoms with E-state index in [1.165, 1.54) is 6.33 Å². The largest absolute Gasteiger partial charge is 0.358 e. The van der Waals surface area contributed by atoms with Crippen LogP contribution in [0.1, 0.15) is 6.92 Å². The third-order valence-corrected chi connectivity index (χ3v) is 2.93. The molecule has 0 unspecified atom stereocenters. The Hall–Kier alpha value is -1.41. The second kappa shape index (κ2) is 6.36. The van der Waals surface area contributed by atoms with E-state index in [2.05, 4.69) is 36.6 Å². The van der Waals surface area contributed by atoms with Gasteiger partial charge in [-0.05, 0) is 22.9 Å². The average molecular weight is 303 g/mol. The van der Waals surface area contributed by atoms with Gasteiger partial charge in [-0.2, -0.15) is 0 Å². The van der Waals surface area contributed by atoms with Crippen molar-refractivity contribution in [2.24, 2.45) is 5.84 Å². The molecule has 1 heterocycles. The zero-order valence-corrected chi connectivity index (χ0v) is 11.3. The van der Waals surface area contributed by atoms with Crippen molar-refractivity contribution in [1.29, 1.82) is 0 Å². The quantitative estimate of drug-likeness (QED) is 0.527. The fourth-order valence-electron chi connectivity index (χ4n) is 1.27. The number of carbonyl (C=O) groups excluding carboxylic acids is 1. The van der Waals surface area contributed by atoms with Crippen molar-refractivity contribution < 1.29 is 4.79 Å². The van der Waals surface area contributed by atoms with Crippen molar-refractivity contribution in [2.45, 2.75) is 6.92 Å². The number of rotatable bonds is 5. The lowest BCUT2D eigenvalue weighted by molar-refractivity contribution is -0.119. The van der Waals surface area contributed by atoms with Crippen molar-refractivity contribution in [1.82, 2.24) is 15.3 Å². The molecule has 0 saturated carbocycles. The number of hydrazine groups is 1. The first kappa shape index (κ1) is 13.7. The molecule has 0 aromatic carbocycles. The van der Waals surface area contributed by atoms with Crippen LogP contribution in [0.3, 0.4) is 0 Å². The predicted octanol–water partition coefficient (Wildman–Crippen LogP) is 0.0970. The molecule has 1 aromatic rings. The molecule has 0 fully saturated rings. The topological polar surface area (TPSA) is 96.2 Å². The summed E-state index contributed by atoms with van der Waals surface area (Å²) >= 11 is 3.35. The van der Waals surface area contributed by atoms with Crippen LogP contribution in [0.2, 0.25) is 0 Å². The first-order valence-electron chi connectivity index (χ1n) is 5.06. The number of hydrogen-bond acceptors (Lipinski definition) is 6. The number of nitrogens with one attached hydrogen (secondary N) is 2. The number of halogens is 1. The molecule has 1 rings (SSSR count). The number of nitrogen functional groups attached to an aromatic ring is 1. The van der Waals surface area contributed by atoms with Crippen LogP contribution in [0.15, 0.2) is 10.8 Å². The van der Waals surface area contributed by atoms with Gasteiger partial charge in [0.1, 0.15) is 16.6 Å². The number of anilines is 2. The van der Waals surface area contributed by atoms with Gasteiger partial charge in [0.15, 0.2) is 5.82 Å². The standard InChI is InChI=1S/C9H15BrN6O/c1-3-16(4-6(17)12-2)9-7(10)8(15-11)13-5-14-9/h5H,3-4,11H2,1-2H3,(H,12,17)(H,13,14,15). The number of nitrogens with two attached hydrogens (primary N) is 1. The van der Waals surface area contributed by atoms with Gasteiger partial charge >= 0.3 is 0 Å². The smallest absolute Gasteiger partial charge is 0.239 e. The highest BCUT2D eigenvalue weighted by atomic mass is 79.9. The van der Waals surface area contributed by atoms with Crippen LogP contribution in [0, 0.1) is 0 Å². The Kier molecular flexibility index (Phi) is 5.11. The molecule has 1 amide bonds. The highest BCUT2D eigenvalue weighted by Gasteiger charge is 2.15. The van der Waals surface area contributed by atoms with Crippen LogP contribution >= 0.6 is 15.9 Å². The minimum atomic E-state index is -0.0837. The molecule has 0 aliphatic rings. The van der Waals surface area contributed by atoms with Crippen LogP contribution in [-0.4, -0.2) is 36.0 Å². The van der Waals surface area contributed by atoms with Crippen LogP contribution in [0.4, 0.5) is 11.6 Å². The Bertz CT molecular complexity index is 399. The molecule has 0 bridgehead atoms. The second-order valence-corrected chi connectivity index (χ2v) is 3.98. The van der Waals surface area contributed by atoms with Gasteiger partial charge in [0.25, 0.3) is 0 Å². The first-order chi connectivity index (χ1) is 8.13.